The number of H-pyrrole nitrogens is 2. The lowest BCUT2D eigenvalue weighted by atomic mass is 10.0. The second-order valence-electron chi connectivity index (χ2n) is 6.30. The van der Waals surface area contributed by atoms with Gasteiger partial charge in [-0.25, -0.2) is 9.78 Å². The van der Waals surface area contributed by atoms with Gasteiger partial charge in [0, 0.05) is 5.69 Å². The molecule has 2 rings (SSSR count). The van der Waals surface area contributed by atoms with E-state index in [2.05, 4.69) is 25.5 Å². The predicted octanol–water partition coefficient (Wildman–Crippen LogP) is 2.23. The molecular weight excluding hydrogens is 322 g/mol. The molecule has 0 saturated carbocycles. The van der Waals surface area contributed by atoms with Crippen molar-refractivity contribution in [2.75, 3.05) is 7.11 Å². The van der Waals surface area contributed by atoms with Gasteiger partial charge in [-0.05, 0) is 31.7 Å². The number of ether oxygens (including phenoxy) is 1. The van der Waals surface area contributed by atoms with Crippen molar-refractivity contribution in [3.63, 3.8) is 0 Å². The van der Waals surface area contributed by atoms with Gasteiger partial charge in [-0.2, -0.15) is 5.10 Å². The Morgan fingerprint density at radius 3 is 2.44 bits per heavy atom. The van der Waals surface area contributed by atoms with E-state index in [0.29, 0.717) is 40.6 Å². The zero-order valence-electron chi connectivity index (χ0n) is 15.5. The van der Waals surface area contributed by atoms with Crippen LogP contribution in [0.15, 0.2) is 0 Å². The molecule has 0 aliphatic carbocycles. The van der Waals surface area contributed by atoms with Gasteiger partial charge in [-0.1, -0.05) is 20.8 Å². The number of aromatic amines is 2. The van der Waals surface area contributed by atoms with Gasteiger partial charge in [-0.15, -0.1) is 0 Å². The zero-order valence-corrected chi connectivity index (χ0v) is 15.5. The third kappa shape index (κ3) is 3.72. The number of methoxy groups -OCH3 is 1. The van der Waals surface area contributed by atoms with Gasteiger partial charge in [0.2, 0.25) is 0 Å². The smallest absolute Gasteiger partial charge is 0.339 e. The van der Waals surface area contributed by atoms with Crippen LogP contribution in [0.1, 0.15) is 70.6 Å². The summed E-state index contributed by atoms with van der Waals surface area (Å²) in [5.74, 6) is 0.569. The second-order valence-corrected chi connectivity index (χ2v) is 6.30. The van der Waals surface area contributed by atoms with Gasteiger partial charge in [-0.3, -0.25) is 9.89 Å². The van der Waals surface area contributed by atoms with Gasteiger partial charge in [0.25, 0.3) is 5.91 Å². The topological polar surface area (TPSA) is 113 Å². The molecule has 0 bridgehead atoms. The number of nitrogens with zero attached hydrogens (tertiary/aromatic N) is 2. The van der Waals surface area contributed by atoms with E-state index in [1.807, 2.05) is 20.8 Å². The molecule has 25 heavy (non-hydrogen) atoms. The fraction of sp³-hybridized carbons (Fsp3) is 0.529. The number of hydrogen-bond acceptors (Lipinski definition) is 5. The van der Waals surface area contributed by atoms with Crippen molar-refractivity contribution in [3.05, 3.63) is 34.2 Å². The number of carbonyl (C=O) groups is 2. The number of hydrogen-bond donors (Lipinski definition) is 3. The average Bonchev–Trinajstić information content (AvgIpc) is 3.14. The van der Waals surface area contributed by atoms with E-state index in [-0.39, 0.29) is 17.9 Å². The van der Waals surface area contributed by atoms with Crippen LogP contribution in [0.3, 0.4) is 0 Å². The molecule has 0 aliphatic heterocycles. The van der Waals surface area contributed by atoms with Gasteiger partial charge < -0.3 is 15.0 Å². The highest BCUT2D eigenvalue weighted by atomic mass is 16.5. The number of aromatic nitrogens is 4. The molecule has 0 radical (unpaired) electrons. The van der Waals surface area contributed by atoms with Crippen LogP contribution in [0.2, 0.25) is 0 Å². The highest BCUT2D eigenvalue weighted by Gasteiger charge is 2.27. The average molecular weight is 347 g/mol. The van der Waals surface area contributed by atoms with E-state index in [1.54, 1.807) is 13.8 Å². The minimum atomic E-state index is -0.449. The Morgan fingerprint density at radius 1 is 1.28 bits per heavy atom. The Hall–Kier alpha value is -2.64. The summed E-state index contributed by atoms with van der Waals surface area (Å²) in [4.78, 5) is 32.2. The van der Waals surface area contributed by atoms with Crippen LogP contribution in [-0.2, 0) is 11.2 Å². The van der Waals surface area contributed by atoms with Crippen LogP contribution in [0.25, 0.3) is 0 Å². The molecule has 0 spiro atoms. The maximum Gasteiger partial charge on any atom is 0.339 e. The second kappa shape index (κ2) is 7.50. The minimum Gasteiger partial charge on any atom is -0.465 e. The summed E-state index contributed by atoms with van der Waals surface area (Å²) in [6.07, 6.45) is 0.590. The first-order chi connectivity index (χ1) is 11.8. The zero-order chi connectivity index (χ0) is 18.7. The van der Waals surface area contributed by atoms with Gasteiger partial charge >= 0.3 is 5.97 Å². The fourth-order valence-corrected chi connectivity index (χ4v) is 2.77. The Morgan fingerprint density at radius 2 is 1.96 bits per heavy atom. The summed E-state index contributed by atoms with van der Waals surface area (Å²) < 4.78 is 4.83. The van der Waals surface area contributed by atoms with Crippen LogP contribution >= 0.6 is 0 Å². The fourth-order valence-electron chi connectivity index (χ4n) is 2.77. The monoisotopic (exact) mass is 347 g/mol. The quantitative estimate of drug-likeness (QED) is 0.694. The maximum absolute atomic E-state index is 12.8. The Kier molecular flexibility index (Phi) is 5.61. The number of amides is 1. The third-order valence-corrected chi connectivity index (χ3v) is 4.14. The molecule has 0 aliphatic rings. The first kappa shape index (κ1) is 18.7. The minimum absolute atomic E-state index is 0.0974. The molecule has 2 heterocycles. The highest BCUT2D eigenvalue weighted by molar-refractivity contribution is 6.00. The maximum atomic E-state index is 12.8. The standard InChI is InChI=1S/C17H25N5O3/c1-7-11-12(17(24)25-6)9(4)14(19-11)16(23)20-13(8(2)3)15-18-10(5)21-22-15/h8,13,19H,7H2,1-6H3,(H,20,23)(H,18,21,22)/t13-/m1/s1. The largest absolute Gasteiger partial charge is 0.465 e. The molecule has 0 aromatic carbocycles. The number of aryl methyl sites for hydroxylation is 2. The van der Waals surface area contributed by atoms with E-state index in [4.69, 9.17) is 4.74 Å². The Balaban J connectivity index is 2.33. The Labute approximate surface area is 146 Å². The molecule has 8 heteroatoms. The summed E-state index contributed by atoms with van der Waals surface area (Å²) >= 11 is 0. The molecule has 3 N–H and O–H groups in total. The molecule has 0 fully saturated rings. The number of nitrogens with one attached hydrogen (secondary N) is 3. The lowest BCUT2D eigenvalue weighted by Gasteiger charge is -2.19. The molecule has 1 amide bonds. The SMILES string of the molecule is CCc1[nH]c(C(=O)N[C@@H](c2n[nH]c(C)n2)C(C)C)c(C)c1C(=O)OC. The number of carbonyl (C=O) groups excluding carboxylic acids is 2. The highest BCUT2D eigenvalue weighted by Crippen LogP contribution is 2.23. The van der Waals surface area contributed by atoms with Gasteiger partial charge in [0.15, 0.2) is 5.82 Å². The van der Waals surface area contributed by atoms with E-state index in [1.165, 1.54) is 7.11 Å². The third-order valence-electron chi connectivity index (χ3n) is 4.14. The summed E-state index contributed by atoms with van der Waals surface area (Å²) in [5.41, 5.74) is 2.04. The van der Waals surface area contributed by atoms with Crippen LogP contribution in [0, 0.1) is 19.8 Å². The van der Waals surface area contributed by atoms with Crippen LogP contribution in [-0.4, -0.2) is 39.2 Å². The summed E-state index contributed by atoms with van der Waals surface area (Å²) in [6.45, 7) is 9.41. The van der Waals surface area contributed by atoms with Crippen molar-refractivity contribution in [1.82, 2.24) is 25.5 Å². The van der Waals surface area contributed by atoms with Crippen molar-refractivity contribution in [1.29, 1.82) is 0 Å². The van der Waals surface area contributed by atoms with Crippen molar-refractivity contribution in [3.8, 4) is 0 Å². The molecule has 2 aromatic heterocycles. The molecule has 2 aromatic rings. The van der Waals surface area contributed by atoms with Crippen molar-refractivity contribution in [2.24, 2.45) is 5.92 Å². The van der Waals surface area contributed by atoms with Crippen LogP contribution in [0.4, 0.5) is 0 Å². The molecule has 0 unspecified atom stereocenters. The first-order valence-electron chi connectivity index (χ1n) is 8.29. The molecule has 8 nitrogen and oxygen atoms in total. The first-order valence-corrected chi connectivity index (χ1v) is 8.29. The van der Waals surface area contributed by atoms with E-state index < -0.39 is 5.97 Å². The van der Waals surface area contributed by atoms with Crippen molar-refractivity contribution < 1.29 is 14.3 Å². The lowest BCUT2D eigenvalue weighted by Crippen LogP contribution is -2.33. The molecule has 136 valence electrons. The van der Waals surface area contributed by atoms with E-state index in [9.17, 15) is 9.59 Å². The lowest BCUT2D eigenvalue weighted by molar-refractivity contribution is 0.0599. The van der Waals surface area contributed by atoms with Crippen molar-refractivity contribution in [2.45, 2.75) is 47.1 Å². The molecule has 1 atom stereocenters. The summed E-state index contributed by atoms with van der Waals surface area (Å²) in [6, 6.07) is -0.341. The normalized spacial score (nSPS) is 12.3. The van der Waals surface area contributed by atoms with Crippen molar-refractivity contribution >= 4 is 11.9 Å². The summed E-state index contributed by atoms with van der Waals surface area (Å²) in [5, 5.41) is 9.90. The van der Waals surface area contributed by atoms with E-state index in [0.717, 1.165) is 0 Å². The van der Waals surface area contributed by atoms with Crippen LogP contribution < -0.4 is 5.32 Å². The predicted molar refractivity (Wildman–Crippen MR) is 92.4 cm³/mol. The van der Waals surface area contributed by atoms with Gasteiger partial charge in [0.05, 0.1) is 18.7 Å². The molecular formula is C17H25N5O3. The van der Waals surface area contributed by atoms with Gasteiger partial charge in [0.1, 0.15) is 11.5 Å². The Bertz CT molecular complexity index is 775. The number of esters is 1. The molecule has 0 saturated heterocycles. The van der Waals surface area contributed by atoms with Crippen LogP contribution in [0.5, 0.6) is 0 Å². The van der Waals surface area contributed by atoms with E-state index >= 15 is 0 Å². The number of rotatable bonds is 6. The summed E-state index contributed by atoms with van der Waals surface area (Å²) in [7, 11) is 1.33.